The molecular weight excluding hydrogens is 182 g/mol. The normalized spacial score (nSPS) is 34.3. The summed E-state index contributed by atoms with van der Waals surface area (Å²) in [5.41, 5.74) is 0. The minimum absolute atomic E-state index is 0.147. The van der Waals surface area contributed by atoms with E-state index in [1.54, 1.807) is 0 Å². The van der Waals surface area contributed by atoms with Crippen LogP contribution in [0.3, 0.4) is 0 Å². The van der Waals surface area contributed by atoms with E-state index in [-0.39, 0.29) is 12.3 Å². The third kappa shape index (κ3) is 2.09. The highest BCUT2D eigenvalue weighted by molar-refractivity contribution is 4.87. The molecule has 0 amide bonds. The van der Waals surface area contributed by atoms with Gasteiger partial charge in [0.25, 0.3) is 5.92 Å². The van der Waals surface area contributed by atoms with Crippen molar-refractivity contribution in [1.82, 2.24) is 0 Å². The molecule has 0 aromatic rings. The second-order valence-electron chi connectivity index (χ2n) is 5.01. The van der Waals surface area contributed by atoms with Crippen molar-refractivity contribution in [2.75, 3.05) is 0 Å². The Balaban J connectivity index is 1.99. The van der Waals surface area contributed by atoms with Gasteiger partial charge in [0.1, 0.15) is 0 Å². The fraction of sp³-hybridized carbons (Fsp3) is 1.00. The second kappa shape index (κ2) is 4.16. The van der Waals surface area contributed by atoms with Crippen LogP contribution in [0, 0.1) is 11.8 Å². The molecule has 2 aliphatic rings. The molecule has 2 aliphatic carbocycles. The molecule has 0 radical (unpaired) electrons. The summed E-state index contributed by atoms with van der Waals surface area (Å²) in [7, 11) is 0. The van der Waals surface area contributed by atoms with E-state index in [2.05, 4.69) is 0 Å². The molecule has 2 heteroatoms. The van der Waals surface area contributed by atoms with Gasteiger partial charge in [-0.3, -0.25) is 0 Å². The lowest BCUT2D eigenvalue weighted by atomic mass is 9.71. The van der Waals surface area contributed by atoms with Crippen molar-refractivity contribution in [3.63, 3.8) is 0 Å². The Bertz CT molecular complexity index is 183. The summed E-state index contributed by atoms with van der Waals surface area (Å²) in [6.07, 6.45) is 8.41. The van der Waals surface area contributed by atoms with Crippen molar-refractivity contribution in [3.05, 3.63) is 0 Å². The van der Waals surface area contributed by atoms with Crippen LogP contribution in [-0.2, 0) is 0 Å². The van der Waals surface area contributed by atoms with E-state index in [0.717, 1.165) is 32.1 Å². The monoisotopic (exact) mass is 202 g/mol. The molecule has 0 bridgehead atoms. The zero-order valence-corrected chi connectivity index (χ0v) is 8.77. The minimum Gasteiger partial charge on any atom is -0.207 e. The molecule has 0 aromatic carbocycles. The lowest BCUT2D eigenvalue weighted by molar-refractivity contribution is -0.111. The van der Waals surface area contributed by atoms with E-state index in [1.807, 2.05) is 0 Å². The summed E-state index contributed by atoms with van der Waals surface area (Å²) >= 11 is 0. The second-order valence-corrected chi connectivity index (χ2v) is 5.01. The number of rotatable bonds is 1. The van der Waals surface area contributed by atoms with Gasteiger partial charge in [-0.25, -0.2) is 8.78 Å². The molecule has 14 heavy (non-hydrogen) atoms. The molecule has 0 nitrogen and oxygen atoms in total. The summed E-state index contributed by atoms with van der Waals surface area (Å²) in [5.74, 6) is -2.30. The smallest absolute Gasteiger partial charge is 0.207 e. The van der Waals surface area contributed by atoms with Crippen molar-refractivity contribution < 1.29 is 8.78 Å². The highest BCUT2D eigenvalue weighted by Gasteiger charge is 2.45. The number of hydrogen-bond acceptors (Lipinski definition) is 0. The van der Waals surface area contributed by atoms with E-state index in [4.69, 9.17) is 0 Å². The van der Waals surface area contributed by atoms with Crippen molar-refractivity contribution in [2.24, 2.45) is 11.8 Å². The Hall–Kier alpha value is -0.140. The first-order valence-corrected chi connectivity index (χ1v) is 6.08. The molecule has 0 aliphatic heterocycles. The van der Waals surface area contributed by atoms with Gasteiger partial charge in [-0.15, -0.1) is 0 Å². The third-order valence-corrected chi connectivity index (χ3v) is 4.04. The van der Waals surface area contributed by atoms with Gasteiger partial charge in [0, 0.05) is 12.3 Å². The van der Waals surface area contributed by atoms with Crippen LogP contribution < -0.4 is 0 Å². The summed E-state index contributed by atoms with van der Waals surface area (Å²) in [5, 5.41) is 0. The van der Waals surface area contributed by atoms with Crippen LogP contribution in [-0.4, -0.2) is 5.92 Å². The number of hydrogen-bond donors (Lipinski definition) is 0. The van der Waals surface area contributed by atoms with Gasteiger partial charge in [-0.2, -0.15) is 0 Å². The van der Waals surface area contributed by atoms with Gasteiger partial charge in [0.15, 0.2) is 0 Å². The predicted molar refractivity (Wildman–Crippen MR) is 53.5 cm³/mol. The topological polar surface area (TPSA) is 0 Å². The quantitative estimate of drug-likeness (QED) is 0.591. The van der Waals surface area contributed by atoms with E-state index < -0.39 is 5.92 Å². The molecule has 0 N–H and O–H groups in total. The summed E-state index contributed by atoms with van der Waals surface area (Å²) in [4.78, 5) is 0. The Morgan fingerprint density at radius 3 is 2.07 bits per heavy atom. The zero-order chi connectivity index (χ0) is 10.0. The molecule has 2 rings (SSSR count). The number of alkyl halides is 2. The summed E-state index contributed by atoms with van der Waals surface area (Å²) in [6, 6.07) is 0. The lowest BCUT2D eigenvalue weighted by Gasteiger charge is -2.38. The Morgan fingerprint density at radius 2 is 1.43 bits per heavy atom. The standard InChI is InChI=1S/C12H20F2/c13-12(14)9-5-4-8-11(12)10-6-2-1-3-7-10/h10-11H,1-9H2/t11-/m0/s1. The Kier molecular flexibility index (Phi) is 3.08. The van der Waals surface area contributed by atoms with Crippen LogP contribution in [0.1, 0.15) is 57.8 Å². The van der Waals surface area contributed by atoms with Crippen LogP contribution in [0.2, 0.25) is 0 Å². The van der Waals surface area contributed by atoms with E-state index >= 15 is 0 Å². The molecule has 2 saturated carbocycles. The fourth-order valence-electron chi connectivity index (χ4n) is 3.24. The van der Waals surface area contributed by atoms with Gasteiger partial charge in [-0.1, -0.05) is 25.7 Å². The Morgan fingerprint density at radius 1 is 0.786 bits per heavy atom. The SMILES string of the molecule is FC1(F)CCCC[C@H]1C1CCCCC1. The fourth-order valence-corrected chi connectivity index (χ4v) is 3.24. The molecule has 2 fully saturated rings. The maximum absolute atomic E-state index is 13.7. The van der Waals surface area contributed by atoms with Crippen LogP contribution in [0.25, 0.3) is 0 Å². The first-order chi connectivity index (χ1) is 6.70. The van der Waals surface area contributed by atoms with Gasteiger partial charge < -0.3 is 0 Å². The highest BCUT2D eigenvalue weighted by atomic mass is 19.3. The van der Waals surface area contributed by atoms with Crippen molar-refractivity contribution >= 4 is 0 Å². The largest absolute Gasteiger partial charge is 0.251 e. The molecule has 0 heterocycles. The van der Waals surface area contributed by atoms with Gasteiger partial charge >= 0.3 is 0 Å². The Labute approximate surface area is 85.1 Å². The molecule has 0 unspecified atom stereocenters. The number of halogens is 2. The maximum Gasteiger partial charge on any atom is 0.251 e. The van der Waals surface area contributed by atoms with Crippen molar-refractivity contribution in [2.45, 2.75) is 63.7 Å². The van der Waals surface area contributed by atoms with Crippen LogP contribution in [0.4, 0.5) is 8.78 Å². The molecule has 0 spiro atoms. The molecule has 1 atom stereocenters. The van der Waals surface area contributed by atoms with E-state index in [9.17, 15) is 8.78 Å². The molecule has 0 saturated heterocycles. The predicted octanol–water partition coefficient (Wildman–Crippen LogP) is 4.39. The average molecular weight is 202 g/mol. The minimum atomic E-state index is -2.35. The van der Waals surface area contributed by atoms with Gasteiger partial charge in [0.2, 0.25) is 0 Å². The van der Waals surface area contributed by atoms with Crippen LogP contribution >= 0.6 is 0 Å². The average Bonchev–Trinajstić information content (AvgIpc) is 2.18. The zero-order valence-electron chi connectivity index (χ0n) is 8.77. The van der Waals surface area contributed by atoms with Crippen molar-refractivity contribution in [3.8, 4) is 0 Å². The van der Waals surface area contributed by atoms with E-state index in [1.165, 1.54) is 19.3 Å². The molecule has 82 valence electrons. The summed E-state index contributed by atoms with van der Waals surface area (Å²) in [6.45, 7) is 0. The van der Waals surface area contributed by atoms with Gasteiger partial charge in [0.05, 0.1) is 0 Å². The third-order valence-electron chi connectivity index (χ3n) is 4.04. The van der Waals surface area contributed by atoms with Gasteiger partial charge in [-0.05, 0) is 31.6 Å². The first kappa shape index (κ1) is 10.4. The van der Waals surface area contributed by atoms with Crippen molar-refractivity contribution in [1.29, 1.82) is 0 Å². The molecule has 0 aromatic heterocycles. The van der Waals surface area contributed by atoms with E-state index in [0.29, 0.717) is 5.92 Å². The lowest BCUT2D eigenvalue weighted by Crippen LogP contribution is -2.37. The highest BCUT2D eigenvalue weighted by Crippen LogP contribution is 2.46. The maximum atomic E-state index is 13.7. The molecular formula is C12H20F2. The van der Waals surface area contributed by atoms with Crippen LogP contribution in [0.15, 0.2) is 0 Å². The first-order valence-electron chi connectivity index (χ1n) is 6.08. The summed E-state index contributed by atoms with van der Waals surface area (Å²) < 4.78 is 27.3. The van der Waals surface area contributed by atoms with Crippen LogP contribution in [0.5, 0.6) is 0 Å².